The van der Waals surface area contributed by atoms with Crippen LogP contribution in [0.1, 0.15) is 6.92 Å². The number of sulfonamides is 1. The molecule has 0 saturated heterocycles. The Hall–Kier alpha value is -1.15. The highest BCUT2D eigenvalue weighted by molar-refractivity contribution is 7.90. The zero-order valence-corrected chi connectivity index (χ0v) is 8.50. The largest absolute Gasteiger partial charge is 0.480 e. The number of esters is 1. The van der Waals surface area contributed by atoms with Crippen LogP contribution in [-0.4, -0.2) is 44.4 Å². The molecule has 1 atom stereocenters. The van der Waals surface area contributed by atoms with Crippen LogP contribution in [0.2, 0.25) is 0 Å². The average Bonchev–Trinajstić information content (AvgIpc) is 2.12. The van der Waals surface area contributed by atoms with Crippen molar-refractivity contribution in [3.8, 4) is 0 Å². The summed E-state index contributed by atoms with van der Waals surface area (Å²) in [6.45, 7) is 0.347. The normalized spacial score (nSPS) is 13.3. The zero-order chi connectivity index (χ0) is 11.4. The van der Waals surface area contributed by atoms with E-state index in [1.54, 1.807) is 4.72 Å². The third-order valence-electron chi connectivity index (χ3n) is 1.42. The Labute approximate surface area is 81.1 Å². The summed E-state index contributed by atoms with van der Waals surface area (Å²) in [6, 6.07) is 0. The van der Waals surface area contributed by atoms with Crippen LogP contribution < -0.4 is 4.72 Å². The summed E-state index contributed by atoms with van der Waals surface area (Å²) in [5.74, 6) is -2.27. The van der Waals surface area contributed by atoms with Gasteiger partial charge in [0.1, 0.15) is 6.54 Å². The number of methoxy groups -OCH3 is 1. The number of ether oxygens (including phenoxy) is 1. The molecule has 8 heteroatoms. The number of carbonyl (C=O) groups is 2. The van der Waals surface area contributed by atoms with Crippen molar-refractivity contribution < 1.29 is 27.9 Å². The van der Waals surface area contributed by atoms with Crippen molar-refractivity contribution in [2.75, 3.05) is 13.7 Å². The van der Waals surface area contributed by atoms with Gasteiger partial charge in [0.15, 0.2) is 5.25 Å². The lowest BCUT2D eigenvalue weighted by molar-refractivity contribution is -0.140. The lowest BCUT2D eigenvalue weighted by Crippen LogP contribution is -2.40. The Bertz CT molecular complexity index is 321. The van der Waals surface area contributed by atoms with Gasteiger partial charge in [-0.05, 0) is 6.92 Å². The minimum Gasteiger partial charge on any atom is -0.480 e. The van der Waals surface area contributed by atoms with E-state index >= 15 is 0 Å². The lowest BCUT2D eigenvalue weighted by Gasteiger charge is -2.10. The molecular formula is C6H11NO6S. The van der Waals surface area contributed by atoms with Crippen molar-refractivity contribution in [3.05, 3.63) is 0 Å². The van der Waals surface area contributed by atoms with E-state index in [4.69, 9.17) is 5.11 Å². The molecule has 0 aromatic heterocycles. The maximum absolute atomic E-state index is 11.2. The summed E-state index contributed by atoms with van der Waals surface area (Å²) in [6.07, 6.45) is 0. The first kappa shape index (κ1) is 12.8. The number of nitrogens with one attached hydrogen (secondary N) is 1. The molecule has 7 nitrogen and oxygen atoms in total. The van der Waals surface area contributed by atoms with E-state index in [2.05, 4.69) is 4.74 Å². The maximum atomic E-state index is 11.2. The van der Waals surface area contributed by atoms with Gasteiger partial charge in [0.2, 0.25) is 10.0 Å². The molecule has 0 aliphatic carbocycles. The van der Waals surface area contributed by atoms with E-state index in [1.165, 1.54) is 0 Å². The first-order chi connectivity index (χ1) is 6.31. The van der Waals surface area contributed by atoms with E-state index in [0.29, 0.717) is 0 Å². The molecule has 0 rings (SSSR count). The number of hydrogen-bond acceptors (Lipinski definition) is 5. The van der Waals surface area contributed by atoms with E-state index < -0.39 is 33.8 Å². The highest BCUT2D eigenvalue weighted by Crippen LogP contribution is 1.99. The highest BCUT2D eigenvalue weighted by atomic mass is 32.2. The monoisotopic (exact) mass is 225 g/mol. The van der Waals surface area contributed by atoms with Gasteiger partial charge in [-0.1, -0.05) is 0 Å². The molecule has 0 fully saturated rings. The number of carbonyl (C=O) groups excluding carboxylic acids is 1. The van der Waals surface area contributed by atoms with Gasteiger partial charge in [-0.2, -0.15) is 0 Å². The predicted octanol–water partition coefficient (Wildman–Crippen LogP) is -1.45. The van der Waals surface area contributed by atoms with E-state index in [0.717, 1.165) is 14.0 Å². The van der Waals surface area contributed by atoms with Crippen LogP contribution in [0.25, 0.3) is 0 Å². The molecule has 14 heavy (non-hydrogen) atoms. The number of carboxylic acids is 1. The van der Waals surface area contributed by atoms with E-state index in [-0.39, 0.29) is 0 Å². The second-order valence-corrected chi connectivity index (χ2v) is 4.51. The second-order valence-electron chi connectivity index (χ2n) is 2.43. The topological polar surface area (TPSA) is 110 Å². The van der Waals surface area contributed by atoms with Gasteiger partial charge < -0.3 is 9.84 Å². The van der Waals surface area contributed by atoms with Crippen molar-refractivity contribution in [1.82, 2.24) is 4.72 Å². The van der Waals surface area contributed by atoms with Gasteiger partial charge >= 0.3 is 11.9 Å². The molecule has 0 saturated carbocycles. The Morgan fingerprint density at radius 2 is 2.00 bits per heavy atom. The van der Waals surface area contributed by atoms with Crippen LogP contribution in [0.3, 0.4) is 0 Å². The van der Waals surface area contributed by atoms with Gasteiger partial charge in [-0.25, -0.2) is 13.1 Å². The van der Waals surface area contributed by atoms with Crippen LogP contribution in [0.4, 0.5) is 0 Å². The number of hydrogen-bond donors (Lipinski definition) is 2. The molecule has 0 aliphatic rings. The van der Waals surface area contributed by atoms with Crippen LogP contribution in [0.15, 0.2) is 0 Å². The maximum Gasteiger partial charge on any atom is 0.325 e. The fourth-order valence-corrected chi connectivity index (χ4v) is 1.50. The summed E-state index contributed by atoms with van der Waals surface area (Å²) < 4.78 is 28.3. The summed E-state index contributed by atoms with van der Waals surface area (Å²) >= 11 is 0. The fraction of sp³-hybridized carbons (Fsp3) is 0.667. The molecule has 0 aromatic rings. The Morgan fingerprint density at radius 1 is 1.50 bits per heavy atom. The summed E-state index contributed by atoms with van der Waals surface area (Å²) in [5.41, 5.74) is 0. The van der Waals surface area contributed by atoms with E-state index in [9.17, 15) is 18.0 Å². The molecule has 1 unspecified atom stereocenters. The van der Waals surface area contributed by atoms with Crippen LogP contribution in [0, 0.1) is 0 Å². The SMILES string of the molecule is COC(=O)C(C)S(=O)(=O)NCC(=O)O. The highest BCUT2D eigenvalue weighted by Gasteiger charge is 2.28. The molecule has 82 valence electrons. The van der Waals surface area contributed by atoms with Crippen molar-refractivity contribution in [1.29, 1.82) is 0 Å². The standard InChI is InChI=1S/C6H11NO6S/c1-4(6(10)13-2)14(11,12)7-3-5(8)9/h4,7H,3H2,1-2H3,(H,8,9). The minimum atomic E-state index is -3.97. The van der Waals surface area contributed by atoms with Crippen molar-refractivity contribution in [2.45, 2.75) is 12.2 Å². The van der Waals surface area contributed by atoms with Gasteiger partial charge in [0.05, 0.1) is 7.11 Å². The minimum absolute atomic E-state index is 0.760. The summed E-state index contributed by atoms with van der Waals surface area (Å²) in [4.78, 5) is 20.9. The molecule has 2 N–H and O–H groups in total. The summed E-state index contributed by atoms with van der Waals surface area (Å²) in [7, 11) is -2.92. The first-order valence-electron chi connectivity index (χ1n) is 3.59. The lowest BCUT2D eigenvalue weighted by atomic mass is 10.5. The molecule has 0 spiro atoms. The molecule has 0 aromatic carbocycles. The van der Waals surface area contributed by atoms with Crippen molar-refractivity contribution >= 4 is 22.0 Å². The number of carboxylic acid groups (broad SMARTS) is 1. The van der Waals surface area contributed by atoms with Gasteiger partial charge in [-0.3, -0.25) is 9.59 Å². The fourth-order valence-electron chi connectivity index (χ4n) is 0.580. The van der Waals surface area contributed by atoms with Crippen LogP contribution >= 0.6 is 0 Å². The zero-order valence-electron chi connectivity index (χ0n) is 7.68. The molecular weight excluding hydrogens is 214 g/mol. The van der Waals surface area contributed by atoms with Gasteiger partial charge in [0, 0.05) is 0 Å². The average molecular weight is 225 g/mol. The number of aliphatic carboxylic acids is 1. The Balaban J connectivity index is 4.47. The van der Waals surface area contributed by atoms with Crippen molar-refractivity contribution in [2.24, 2.45) is 0 Å². The van der Waals surface area contributed by atoms with Crippen molar-refractivity contribution in [3.63, 3.8) is 0 Å². The third kappa shape index (κ3) is 3.71. The molecule has 0 bridgehead atoms. The molecule has 0 aliphatic heterocycles. The second kappa shape index (κ2) is 4.91. The smallest absolute Gasteiger partial charge is 0.325 e. The van der Waals surface area contributed by atoms with Crippen LogP contribution in [-0.2, 0) is 24.3 Å². The predicted molar refractivity (Wildman–Crippen MR) is 46.0 cm³/mol. The first-order valence-corrected chi connectivity index (χ1v) is 5.14. The molecule has 0 radical (unpaired) electrons. The number of rotatable bonds is 5. The summed E-state index contributed by atoms with van der Waals surface area (Å²) in [5, 5.41) is 6.79. The quantitative estimate of drug-likeness (QED) is 0.554. The van der Waals surface area contributed by atoms with Gasteiger partial charge in [-0.15, -0.1) is 0 Å². The van der Waals surface area contributed by atoms with Crippen LogP contribution in [0.5, 0.6) is 0 Å². The Kier molecular flexibility index (Phi) is 4.51. The molecule has 0 amide bonds. The van der Waals surface area contributed by atoms with E-state index in [1.807, 2.05) is 0 Å². The van der Waals surface area contributed by atoms with Gasteiger partial charge in [0.25, 0.3) is 0 Å². The third-order valence-corrected chi connectivity index (χ3v) is 3.09. The molecule has 0 heterocycles. The Morgan fingerprint density at radius 3 is 2.36 bits per heavy atom.